The van der Waals surface area contributed by atoms with Crippen molar-refractivity contribution in [2.45, 2.75) is 25.7 Å². The van der Waals surface area contributed by atoms with Crippen LogP contribution in [0.4, 0.5) is 0 Å². The van der Waals surface area contributed by atoms with E-state index < -0.39 is 11.9 Å². The van der Waals surface area contributed by atoms with E-state index in [1.807, 2.05) is 31.2 Å². The largest absolute Gasteiger partial charge is 0.481 e. The Morgan fingerprint density at radius 1 is 1.00 bits per heavy atom. The highest BCUT2D eigenvalue weighted by molar-refractivity contribution is 6.07. The first-order valence-electron chi connectivity index (χ1n) is 7.35. The normalized spacial score (nSPS) is 12.6. The molecule has 1 unspecified atom stereocenters. The molecular formula is C19H18O2. The fraction of sp³-hybridized carbons (Fsp3) is 0.211. The van der Waals surface area contributed by atoms with E-state index in [1.165, 1.54) is 16.2 Å². The maximum absolute atomic E-state index is 11.4. The third kappa shape index (κ3) is 2.49. The summed E-state index contributed by atoms with van der Waals surface area (Å²) in [5.74, 6) is -1.15. The summed E-state index contributed by atoms with van der Waals surface area (Å²) < 4.78 is 0. The van der Waals surface area contributed by atoms with E-state index in [1.54, 1.807) is 0 Å². The predicted molar refractivity (Wildman–Crippen MR) is 86.7 cm³/mol. The molecule has 0 bridgehead atoms. The number of benzene rings is 3. The second kappa shape index (κ2) is 5.57. The Balaban J connectivity index is 2.16. The Labute approximate surface area is 124 Å². The number of fused-ring (bicyclic) bond motifs is 3. The first-order chi connectivity index (χ1) is 10.2. The maximum Gasteiger partial charge on any atom is 0.310 e. The zero-order valence-corrected chi connectivity index (χ0v) is 12.0. The van der Waals surface area contributed by atoms with E-state index in [-0.39, 0.29) is 0 Å². The fourth-order valence-corrected chi connectivity index (χ4v) is 2.97. The van der Waals surface area contributed by atoms with Gasteiger partial charge in [-0.2, -0.15) is 0 Å². The Morgan fingerprint density at radius 2 is 1.71 bits per heavy atom. The Bertz CT molecular complexity index is 805. The molecule has 0 spiro atoms. The van der Waals surface area contributed by atoms with Gasteiger partial charge in [-0.1, -0.05) is 67.9 Å². The summed E-state index contributed by atoms with van der Waals surface area (Å²) in [6.07, 6.45) is 1.54. The van der Waals surface area contributed by atoms with Gasteiger partial charge < -0.3 is 5.11 Å². The van der Waals surface area contributed by atoms with Gasteiger partial charge >= 0.3 is 5.97 Å². The molecule has 0 aromatic heterocycles. The van der Waals surface area contributed by atoms with Crippen molar-refractivity contribution in [2.24, 2.45) is 0 Å². The average Bonchev–Trinajstić information content (AvgIpc) is 2.51. The number of hydrogen-bond donors (Lipinski definition) is 1. The van der Waals surface area contributed by atoms with Crippen molar-refractivity contribution in [3.63, 3.8) is 0 Å². The van der Waals surface area contributed by atoms with E-state index in [4.69, 9.17) is 0 Å². The average molecular weight is 278 g/mol. The number of carboxylic acid groups (broad SMARTS) is 1. The van der Waals surface area contributed by atoms with Gasteiger partial charge in [0.05, 0.1) is 5.92 Å². The smallest absolute Gasteiger partial charge is 0.310 e. The SMILES string of the molecule is CCCC(C(=O)O)c1ccc2c(ccc3ccccc32)c1. The Kier molecular flexibility index (Phi) is 3.61. The number of carbonyl (C=O) groups is 1. The summed E-state index contributed by atoms with van der Waals surface area (Å²) in [6.45, 7) is 2.02. The lowest BCUT2D eigenvalue weighted by Gasteiger charge is -2.13. The zero-order valence-electron chi connectivity index (χ0n) is 12.0. The number of hydrogen-bond acceptors (Lipinski definition) is 1. The van der Waals surface area contributed by atoms with Crippen LogP contribution >= 0.6 is 0 Å². The maximum atomic E-state index is 11.4. The molecular weight excluding hydrogens is 260 g/mol. The lowest BCUT2D eigenvalue weighted by Crippen LogP contribution is -2.11. The van der Waals surface area contributed by atoms with Gasteiger partial charge in [0.1, 0.15) is 0 Å². The van der Waals surface area contributed by atoms with Crippen LogP contribution in [0.5, 0.6) is 0 Å². The van der Waals surface area contributed by atoms with Crippen LogP contribution in [0.25, 0.3) is 21.5 Å². The highest BCUT2D eigenvalue weighted by atomic mass is 16.4. The van der Waals surface area contributed by atoms with E-state index in [0.717, 1.165) is 17.4 Å². The van der Waals surface area contributed by atoms with E-state index in [9.17, 15) is 9.90 Å². The third-order valence-corrected chi connectivity index (χ3v) is 4.05. The second-order valence-electron chi connectivity index (χ2n) is 5.45. The minimum Gasteiger partial charge on any atom is -0.481 e. The van der Waals surface area contributed by atoms with Crippen LogP contribution in [0.2, 0.25) is 0 Å². The van der Waals surface area contributed by atoms with E-state index in [0.29, 0.717) is 6.42 Å². The molecule has 0 saturated carbocycles. The van der Waals surface area contributed by atoms with Gasteiger partial charge in [0.15, 0.2) is 0 Å². The molecule has 1 atom stereocenters. The second-order valence-corrected chi connectivity index (χ2v) is 5.45. The first kappa shape index (κ1) is 13.6. The van der Waals surface area contributed by atoms with Gasteiger partial charge in [-0.3, -0.25) is 4.79 Å². The molecule has 0 heterocycles. The molecule has 3 aromatic carbocycles. The first-order valence-corrected chi connectivity index (χ1v) is 7.35. The van der Waals surface area contributed by atoms with Crippen molar-refractivity contribution in [1.82, 2.24) is 0 Å². The van der Waals surface area contributed by atoms with Crippen LogP contribution in [0.1, 0.15) is 31.2 Å². The minimum absolute atomic E-state index is 0.411. The Morgan fingerprint density at radius 3 is 2.48 bits per heavy atom. The highest BCUT2D eigenvalue weighted by Gasteiger charge is 2.19. The Hall–Kier alpha value is -2.35. The summed E-state index contributed by atoms with van der Waals surface area (Å²) in [7, 11) is 0. The molecule has 0 aliphatic carbocycles. The number of rotatable bonds is 4. The zero-order chi connectivity index (χ0) is 14.8. The molecule has 3 aromatic rings. The number of carboxylic acids is 1. The van der Waals surface area contributed by atoms with Crippen molar-refractivity contribution < 1.29 is 9.90 Å². The van der Waals surface area contributed by atoms with Crippen LogP contribution in [-0.2, 0) is 4.79 Å². The van der Waals surface area contributed by atoms with Crippen molar-refractivity contribution in [1.29, 1.82) is 0 Å². The molecule has 0 saturated heterocycles. The molecule has 21 heavy (non-hydrogen) atoms. The van der Waals surface area contributed by atoms with Crippen LogP contribution < -0.4 is 0 Å². The van der Waals surface area contributed by atoms with Crippen molar-refractivity contribution in [3.05, 3.63) is 60.2 Å². The molecule has 0 amide bonds. The highest BCUT2D eigenvalue weighted by Crippen LogP contribution is 2.29. The monoisotopic (exact) mass is 278 g/mol. The van der Waals surface area contributed by atoms with Gasteiger partial charge in [-0.15, -0.1) is 0 Å². The topological polar surface area (TPSA) is 37.3 Å². The van der Waals surface area contributed by atoms with Crippen LogP contribution in [0.15, 0.2) is 54.6 Å². The quantitative estimate of drug-likeness (QED) is 0.685. The molecule has 106 valence electrons. The minimum atomic E-state index is -0.739. The summed E-state index contributed by atoms with van der Waals surface area (Å²) >= 11 is 0. The summed E-state index contributed by atoms with van der Waals surface area (Å²) in [5, 5.41) is 14.1. The molecule has 1 N–H and O–H groups in total. The lowest BCUT2D eigenvalue weighted by molar-refractivity contribution is -0.139. The molecule has 0 aliphatic rings. The van der Waals surface area contributed by atoms with Gasteiger partial charge in [0.2, 0.25) is 0 Å². The lowest BCUT2D eigenvalue weighted by atomic mass is 9.91. The van der Waals surface area contributed by atoms with Crippen molar-refractivity contribution in [2.75, 3.05) is 0 Å². The third-order valence-electron chi connectivity index (χ3n) is 4.05. The predicted octanol–water partition coefficient (Wildman–Crippen LogP) is 4.96. The van der Waals surface area contributed by atoms with E-state index in [2.05, 4.69) is 30.3 Å². The summed E-state index contributed by atoms with van der Waals surface area (Å²) in [5.41, 5.74) is 0.895. The van der Waals surface area contributed by atoms with Crippen LogP contribution in [0.3, 0.4) is 0 Å². The summed E-state index contributed by atoms with van der Waals surface area (Å²) in [6, 6.07) is 18.5. The van der Waals surface area contributed by atoms with Gasteiger partial charge in [0.25, 0.3) is 0 Å². The number of aliphatic carboxylic acids is 1. The van der Waals surface area contributed by atoms with Gasteiger partial charge in [0, 0.05) is 0 Å². The molecule has 2 nitrogen and oxygen atoms in total. The summed E-state index contributed by atoms with van der Waals surface area (Å²) in [4.78, 5) is 11.4. The van der Waals surface area contributed by atoms with Gasteiger partial charge in [-0.05, 0) is 33.5 Å². The van der Waals surface area contributed by atoms with Crippen LogP contribution in [-0.4, -0.2) is 11.1 Å². The molecule has 0 fully saturated rings. The van der Waals surface area contributed by atoms with Crippen molar-refractivity contribution >= 4 is 27.5 Å². The van der Waals surface area contributed by atoms with E-state index >= 15 is 0 Å². The molecule has 0 radical (unpaired) electrons. The molecule has 3 rings (SSSR count). The fourth-order valence-electron chi connectivity index (χ4n) is 2.97. The molecule has 2 heteroatoms. The standard InChI is InChI=1S/C19H18O2/c1-2-5-18(19(20)21)15-10-11-17-14(12-15)9-8-13-6-3-4-7-16(13)17/h3-4,6-12,18H,2,5H2,1H3,(H,20,21). The van der Waals surface area contributed by atoms with Crippen LogP contribution in [0, 0.1) is 0 Å². The van der Waals surface area contributed by atoms with Crippen molar-refractivity contribution in [3.8, 4) is 0 Å². The molecule has 0 aliphatic heterocycles. The van der Waals surface area contributed by atoms with Gasteiger partial charge in [-0.25, -0.2) is 0 Å².